The number of fused-ring (bicyclic) bond motifs is 2. The summed E-state index contributed by atoms with van der Waals surface area (Å²) < 4.78 is 2.04. The lowest BCUT2D eigenvalue weighted by Gasteiger charge is -2.04. The van der Waals surface area contributed by atoms with E-state index in [1.54, 1.807) is 36.9 Å². The second-order valence-corrected chi connectivity index (χ2v) is 10.7. The molecule has 0 radical (unpaired) electrons. The van der Waals surface area contributed by atoms with Crippen molar-refractivity contribution >= 4 is 21.5 Å². The largest absolute Gasteiger partial charge is 0.504 e. The first-order valence-corrected chi connectivity index (χ1v) is 14.8. The molecule has 0 aliphatic rings. The molecule has 0 saturated carbocycles. The highest BCUT2D eigenvalue weighted by molar-refractivity contribution is 5.97. The molecule has 0 aliphatic carbocycles. The Bertz CT molecular complexity index is 2080. The lowest BCUT2D eigenvalue weighted by atomic mass is 10.1. The summed E-state index contributed by atoms with van der Waals surface area (Å²) in [6, 6.07) is 22.4. The Kier molecular flexibility index (Phi) is 10.0. The lowest BCUT2D eigenvalue weighted by Crippen LogP contribution is -2.27. The monoisotopic (exact) mass is 646 g/mol. The van der Waals surface area contributed by atoms with E-state index in [2.05, 4.69) is 9.97 Å². The Morgan fingerprint density at radius 1 is 0.438 bits per heavy atom. The van der Waals surface area contributed by atoms with Crippen molar-refractivity contribution in [1.29, 1.82) is 0 Å². The molecule has 0 aliphatic heterocycles. The van der Waals surface area contributed by atoms with Crippen LogP contribution in [0.15, 0.2) is 129 Å². The van der Waals surface area contributed by atoms with Crippen LogP contribution in [0.1, 0.15) is 11.1 Å². The van der Waals surface area contributed by atoms with Gasteiger partial charge in [0.15, 0.2) is 23.0 Å². The van der Waals surface area contributed by atoms with Crippen molar-refractivity contribution < 1.29 is 20.4 Å². The molecule has 7 aromatic rings. The molecule has 0 saturated heterocycles. The van der Waals surface area contributed by atoms with Crippen LogP contribution < -0.4 is 22.2 Å². The molecule has 0 amide bonds. The van der Waals surface area contributed by atoms with Crippen molar-refractivity contribution in [2.45, 2.75) is 25.9 Å². The van der Waals surface area contributed by atoms with Gasteiger partial charge in [0.2, 0.25) is 0 Å². The Labute approximate surface area is 272 Å². The van der Waals surface area contributed by atoms with Gasteiger partial charge in [0.05, 0.1) is 21.5 Å². The van der Waals surface area contributed by atoms with Crippen LogP contribution in [0, 0.1) is 0 Å². The van der Waals surface area contributed by atoms with Crippen molar-refractivity contribution in [3.63, 3.8) is 0 Å². The first kappa shape index (κ1) is 32.8. The maximum absolute atomic E-state index is 13.0. The Balaban J connectivity index is 0.000000314. The third kappa shape index (κ3) is 7.29. The van der Waals surface area contributed by atoms with Gasteiger partial charge < -0.3 is 20.4 Å². The molecule has 4 aromatic heterocycles. The predicted molar refractivity (Wildman–Crippen MR) is 180 cm³/mol. The average molecular weight is 647 g/mol. The van der Waals surface area contributed by atoms with E-state index in [1.165, 1.54) is 36.4 Å². The number of aromatic hydroxyl groups is 4. The minimum Gasteiger partial charge on any atom is -0.504 e. The summed E-state index contributed by atoms with van der Waals surface area (Å²) >= 11 is 0. The van der Waals surface area contributed by atoms with Gasteiger partial charge >= 0.3 is 0 Å². The van der Waals surface area contributed by atoms with Crippen molar-refractivity contribution in [3.05, 3.63) is 162 Å². The fourth-order valence-electron chi connectivity index (χ4n) is 5.04. The zero-order chi connectivity index (χ0) is 34.2. The minimum atomic E-state index is -0.584. The molecular formula is C36H30N4O8. The first-order chi connectivity index (χ1) is 23.2. The predicted octanol–water partition coefficient (Wildman–Crippen LogP) is 3.38. The molecule has 0 bridgehead atoms. The number of rotatable bonds is 6. The van der Waals surface area contributed by atoms with Gasteiger partial charge in [0.1, 0.15) is 0 Å². The molecule has 4 N–H and O–H groups in total. The summed E-state index contributed by atoms with van der Waals surface area (Å²) in [7, 11) is 0. The molecule has 4 heterocycles. The fourth-order valence-corrected chi connectivity index (χ4v) is 5.04. The van der Waals surface area contributed by atoms with Crippen LogP contribution in [-0.2, 0) is 25.9 Å². The maximum Gasteiger partial charge on any atom is 0.261 e. The van der Waals surface area contributed by atoms with Gasteiger partial charge in [-0.3, -0.25) is 38.3 Å². The summed E-state index contributed by atoms with van der Waals surface area (Å²) in [6.45, 7) is 0.0173. The van der Waals surface area contributed by atoms with E-state index in [0.29, 0.717) is 11.1 Å². The van der Waals surface area contributed by atoms with Crippen LogP contribution in [0.25, 0.3) is 21.5 Å². The van der Waals surface area contributed by atoms with Gasteiger partial charge in [-0.1, -0.05) is 24.3 Å². The molecule has 242 valence electrons. The number of nitrogens with zero attached hydrogens (tertiary/aromatic N) is 4. The molecule has 0 fully saturated rings. The molecule has 0 atom stereocenters. The Morgan fingerprint density at radius 3 is 1.02 bits per heavy atom. The Hall–Kier alpha value is -6.56. The van der Waals surface area contributed by atoms with E-state index in [0.717, 1.165) is 9.13 Å². The first-order valence-electron chi connectivity index (χ1n) is 14.8. The second kappa shape index (κ2) is 14.7. The summed E-state index contributed by atoms with van der Waals surface area (Å²) in [4.78, 5) is 59.4. The van der Waals surface area contributed by atoms with Gasteiger partial charge in [-0.25, -0.2) is 0 Å². The quantitative estimate of drug-likeness (QED) is 0.195. The molecule has 0 unspecified atom stereocenters. The number of hydrogen-bond donors (Lipinski definition) is 4. The molecule has 12 heteroatoms. The maximum atomic E-state index is 13.0. The number of aryl methyl sites for hydroxylation is 2. The van der Waals surface area contributed by atoms with Crippen molar-refractivity contribution in [2.24, 2.45) is 0 Å². The third-order valence-corrected chi connectivity index (χ3v) is 7.52. The minimum absolute atomic E-state index is 0.00865. The van der Waals surface area contributed by atoms with E-state index < -0.39 is 22.2 Å². The number of benzene rings is 3. The number of phenolic OH excluding ortho intramolecular Hbond substituents is 4. The smallest absolute Gasteiger partial charge is 0.261 e. The number of aromatic nitrogens is 4. The third-order valence-electron chi connectivity index (χ3n) is 7.52. The fraction of sp³-hybridized carbons (Fsp3) is 0.111. The van der Waals surface area contributed by atoms with Crippen LogP contribution >= 0.6 is 0 Å². The number of pyridine rings is 2. The van der Waals surface area contributed by atoms with E-state index >= 15 is 0 Å². The topological polar surface area (TPSA) is 185 Å². The molecule has 48 heavy (non-hydrogen) atoms. The number of phenols is 4. The van der Waals surface area contributed by atoms with Crippen LogP contribution in [-0.4, -0.2) is 39.5 Å². The van der Waals surface area contributed by atoms with E-state index in [1.807, 2.05) is 36.4 Å². The standard InChI is InChI=1S/C26H20N2O8.2C5H5N/c29-19-3-1-13(9-21(19)31)5-7-27-23(33)15-11-17-18(12-16(15)24(27)34)26(36)28(25(17)35)8-6-14-2-4-20(30)22(32)10-14;2*1-2-4-6-5-3-1/h1-4,9-12,29-32H,5-8H2;2*1-5H. The van der Waals surface area contributed by atoms with E-state index in [9.17, 15) is 39.6 Å². The molecule has 12 nitrogen and oxygen atoms in total. The summed E-state index contributed by atoms with van der Waals surface area (Å²) in [5, 5.41) is 38.3. The van der Waals surface area contributed by atoms with E-state index in [4.69, 9.17) is 0 Å². The molecule has 0 spiro atoms. The normalized spacial score (nSPS) is 10.7. The van der Waals surface area contributed by atoms with Crippen LogP contribution in [0.5, 0.6) is 23.0 Å². The average Bonchev–Trinajstić information content (AvgIpc) is 3.49. The van der Waals surface area contributed by atoms with Crippen molar-refractivity contribution in [2.75, 3.05) is 0 Å². The van der Waals surface area contributed by atoms with Gasteiger partial charge in [0.25, 0.3) is 22.2 Å². The highest BCUT2D eigenvalue weighted by Gasteiger charge is 2.19. The summed E-state index contributed by atoms with van der Waals surface area (Å²) in [5.41, 5.74) is -1.13. The molecular weight excluding hydrogens is 616 g/mol. The summed E-state index contributed by atoms with van der Waals surface area (Å²) in [6.07, 6.45) is 7.47. The zero-order valence-electron chi connectivity index (χ0n) is 25.4. The highest BCUT2D eigenvalue weighted by atomic mass is 16.3. The van der Waals surface area contributed by atoms with Crippen molar-refractivity contribution in [1.82, 2.24) is 19.1 Å². The summed E-state index contributed by atoms with van der Waals surface area (Å²) in [5.74, 6) is -1.18. The number of hydrogen-bond acceptors (Lipinski definition) is 10. The highest BCUT2D eigenvalue weighted by Crippen LogP contribution is 2.26. The Morgan fingerprint density at radius 2 is 0.771 bits per heavy atom. The van der Waals surface area contributed by atoms with Crippen LogP contribution in [0.3, 0.4) is 0 Å². The van der Waals surface area contributed by atoms with Crippen LogP contribution in [0.2, 0.25) is 0 Å². The van der Waals surface area contributed by atoms with Gasteiger partial charge in [-0.15, -0.1) is 0 Å². The lowest BCUT2D eigenvalue weighted by molar-refractivity contribution is 0.403. The van der Waals surface area contributed by atoms with Gasteiger partial charge in [-0.2, -0.15) is 0 Å². The zero-order valence-corrected chi connectivity index (χ0v) is 25.4. The second-order valence-electron chi connectivity index (χ2n) is 10.7. The van der Waals surface area contributed by atoms with Gasteiger partial charge in [0, 0.05) is 37.9 Å². The SMILES string of the molecule is O=c1c2cc3c(=O)n(CCc4ccc(O)c(O)c4)c(=O)c3cc2c(=O)n1CCc1ccc(O)c(O)c1.c1ccncc1.c1ccncc1. The van der Waals surface area contributed by atoms with Crippen molar-refractivity contribution in [3.8, 4) is 23.0 Å². The molecule has 3 aromatic carbocycles. The van der Waals surface area contributed by atoms with Gasteiger partial charge in [-0.05, 0) is 84.6 Å². The molecule has 7 rings (SSSR count). The van der Waals surface area contributed by atoms with Crippen LogP contribution in [0.4, 0.5) is 0 Å². The van der Waals surface area contributed by atoms with E-state index in [-0.39, 0.29) is 70.5 Å².